The summed E-state index contributed by atoms with van der Waals surface area (Å²) >= 11 is 0. The smallest absolute Gasteiger partial charge is 0.0698 e. The zero-order valence-electron chi connectivity index (χ0n) is 5.19. The Balaban J connectivity index is 2.17. The Morgan fingerprint density at radius 2 is 2.12 bits per heavy atom. The molecule has 0 bridgehead atoms. The molecular formula is C7H12Si. The van der Waals surface area contributed by atoms with Crippen LogP contribution < -0.4 is 0 Å². The Hall–Kier alpha value is -0.0431. The van der Waals surface area contributed by atoms with Gasteiger partial charge in [-0.25, -0.2) is 0 Å². The fraction of sp³-hybridized carbons (Fsp3) is 0.714. The molecule has 0 saturated carbocycles. The molecule has 0 N–H and O–H groups in total. The van der Waals surface area contributed by atoms with Crippen molar-refractivity contribution in [3.63, 3.8) is 0 Å². The molecule has 2 radical (unpaired) electrons. The first-order valence-corrected chi connectivity index (χ1v) is 4.67. The van der Waals surface area contributed by atoms with Crippen molar-refractivity contribution in [1.82, 2.24) is 0 Å². The van der Waals surface area contributed by atoms with E-state index in [9.17, 15) is 0 Å². The molecule has 0 unspecified atom stereocenters. The molecule has 1 rings (SSSR count). The van der Waals surface area contributed by atoms with E-state index in [-0.39, 0.29) is 0 Å². The molecule has 0 fully saturated rings. The second kappa shape index (κ2) is 3.90. The molecule has 1 heterocycles. The summed E-state index contributed by atoms with van der Waals surface area (Å²) in [6.45, 7) is 0. The number of hydrogen-bond acceptors (Lipinski definition) is 0. The quantitative estimate of drug-likeness (QED) is 0.434. The summed E-state index contributed by atoms with van der Waals surface area (Å²) in [5.41, 5.74) is 2.35. The third kappa shape index (κ3) is 2.31. The van der Waals surface area contributed by atoms with Crippen LogP contribution in [0.2, 0.25) is 6.04 Å². The lowest BCUT2D eigenvalue weighted by Gasteiger charge is -1.99. The van der Waals surface area contributed by atoms with Crippen LogP contribution in [0.4, 0.5) is 0 Å². The molecule has 0 saturated heterocycles. The van der Waals surface area contributed by atoms with Crippen molar-refractivity contribution in [2.45, 2.75) is 31.7 Å². The van der Waals surface area contributed by atoms with E-state index in [4.69, 9.17) is 0 Å². The molecule has 1 aliphatic heterocycles. The van der Waals surface area contributed by atoms with E-state index in [1.165, 1.54) is 31.7 Å². The van der Waals surface area contributed by atoms with Crippen molar-refractivity contribution in [2.24, 2.45) is 0 Å². The Labute approximate surface area is 53.8 Å². The zero-order valence-corrected chi connectivity index (χ0v) is 6.19. The summed E-state index contributed by atoms with van der Waals surface area (Å²) in [6.07, 6.45) is 7.99. The number of rotatable bonds is 0. The van der Waals surface area contributed by atoms with Gasteiger partial charge in [-0.05, 0) is 12.8 Å². The number of hydrogen-bond donors (Lipinski definition) is 0. The highest BCUT2D eigenvalue weighted by Gasteiger charge is 1.90. The van der Waals surface area contributed by atoms with Gasteiger partial charge in [-0.15, -0.1) is 5.70 Å². The Morgan fingerprint density at radius 3 is 3.12 bits per heavy atom. The van der Waals surface area contributed by atoms with Crippen molar-refractivity contribution < 1.29 is 0 Å². The highest BCUT2D eigenvalue weighted by molar-refractivity contribution is 6.41. The van der Waals surface area contributed by atoms with Crippen LogP contribution in [-0.4, -0.2) is 9.52 Å². The highest BCUT2D eigenvalue weighted by Crippen LogP contribution is 2.06. The van der Waals surface area contributed by atoms with Crippen LogP contribution in [0.15, 0.2) is 11.8 Å². The molecule has 0 amide bonds. The van der Waals surface area contributed by atoms with Gasteiger partial charge >= 0.3 is 0 Å². The van der Waals surface area contributed by atoms with Crippen LogP contribution in [0.25, 0.3) is 0 Å². The van der Waals surface area contributed by atoms with Gasteiger partial charge in [0.05, 0.1) is 9.52 Å². The third-order valence-corrected chi connectivity index (χ3v) is 2.54. The van der Waals surface area contributed by atoms with Crippen molar-refractivity contribution in [1.29, 1.82) is 0 Å². The van der Waals surface area contributed by atoms with Crippen LogP contribution in [0.5, 0.6) is 0 Å². The monoisotopic (exact) mass is 124 g/mol. The summed E-state index contributed by atoms with van der Waals surface area (Å²) in [5, 5.41) is 0. The van der Waals surface area contributed by atoms with E-state index in [1.807, 2.05) is 0 Å². The summed E-state index contributed by atoms with van der Waals surface area (Å²) < 4.78 is 0. The van der Waals surface area contributed by atoms with Crippen LogP contribution in [0, 0.1) is 0 Å². The minimum absolute atomic E-state index is 1.11. The molecule has 0 aromatic heterocycles. The lowest BCUT2D eigenvalue weighted by molar-refractivity contribution is 0.724. The largest absolute Gasteiger partial charge is 0.103 e. The predicted octanol–water partition coefficient (Wildman–Crippen LogP) is 2.20. The summed E-state index contributed by atoms with van der Waals surface area (Å²) in [7, 11) is 1.11. The molecule has 0 aromatic carbocycles. The lowest BCUT2D eigenvalue weighted by atomic mass is 10.2. The molecule has 44 valence electrons. The standard InChI is InChI=1S/C7H12Si/c1-2-4-6-8-7-5-3-1/h4,6H,1-3,5,7H2/b6-4-. The lowest BCUT2D eigenvalue weighted by Crippen LogP contribution is -1.88. The maximum atomic E-state index is 2.35. The first-order chi connectivity index (χ1) is 4.00. The molecule has 1 heteroatoms. The average Bonchev–Trinajstić information content (AvgIpc) is 1.62. The first kappa shape index (κ1) is 6.08. The van der Waals surface area contributed by atoms with Gasteiger partial charge < -0.3 is 0 Å². The van der Waals surface area contributed by atoms with E-state index < -0.39 is 0 Å². The second-order valence-corrected chi connectivity index (χ2v) is 3.45. The molecule has 1 aliphatic rings. The van der Waals surface area contributed by atoms with E-state index in [1.54, 1.807) is 0 Å². The minimum atomic E-state index is 1.11. The topological polar surface area (TPSA) is 0 Å². The highest BCUT2D eigenvalue weighted by atomic mass is 28.2. The van der Waals surface area contributed by atoms with Gasteiger partial charge in [-0.3, -0.25) is 0 Å². The first-order valence-electron chi connectivity index (χ1n) is 3.38. The molecule has 0 spiro atoms. The van der Waals surface area contributed by atoms with Crippen LogP contribution >= 0.6 is 0 Å². The van der Waals surface area contributed by atoms with Gasteiger partial charge in [0.2, 0.25) is 0 Å². The normalized spacial score (nSPS) is 26.0. The number of allylic oxidation sites excluding steroid dienone is 1. The van der Waals surface area contributed by atoms with Crippen molar-refractivity contribution >= 4 is 9.52 Å². The molecule has 0 atom stereocenters. The Morgan fingerprint density at radius 1 is 1.12 bits per heavy atom. The van der Waals surface area contributed by atoms with Crippen molar-refractivity contribution in [2.75, 3.05) is 0 Å². The van der Waals surface area contributed by atoms with E-state index in [2.05, 4.69) is 11.8 Å². The van der Waals surface area contributed by atoms with Crippen LogP contribution in [0.1, 0.15) is 25.7 Å². The van der Waals surface area contributed by atoms with Gasteiger partial charge in [0.1, 0.15) is 0 Å². The molecule has 8 heavy (non-hydrogen) atoms. The fourth-order valence-corrected chi connectivity index (χ4v) is 1.87. The van der Waals surface area contributed by atoms with Gasteiger partial charge in [-0.1, -0.05) is 25.0 Å². The van der Waals surface area contributed by atoms with Crippen molar-refractivity contribution in [3.8, 4) is 0 Å². The van der Waals surface area contributed by atoms with E-state index in [0.29, 0.717) is 0 Å². The average molecular weight is 124 g/mol. The zero-order chi connectivity index (χ0) is 5.66. The van der Waals surface area contributed by atoms with Crippen LogP contribution in [-0.2, 0) is 0 Å². The van der Waals surface area contributed by atoms with Gasteiger partial charge in [0, 0.05) is 0 Å². The molecule has 0 nitrogen and oxygen atoms in total. The van der Waals surface area contributed by atoms with Crippen LogP contribution in [0.3, 0.4) is 0 Å². The molecule has 0 aliphatic carbocycles. The SMILES string of the molecule is C1=C\[Si]CCCCC/1. The Kier molecular flexibility index (Phi) is 2.96. The van der Waals surface area contributed by atoms with E-state index >= 15 is 0 Å². The maximum absolute atomic E-state index is 2.35. The second-order valence-electron chi connectivity index (χ2n) is 2.21. The fourth-order valence-electron chi connectivity index (χ4n) is 0.916. The summed E-state index contributed by atoms with van der Waals surface area (Å²) in [4.78, 5) is 0. The molecular weight excluding hydrogens is 112 g/mol. The van der Waals surface area contributed by atoms with Gasteiger partial charge in [0.25, 0.3) is 0 Å². The molecule has 0 aromatic rings. The third-order valence-electron chi connectivity index (χ3n) is 1.43. The summed E-state index contributed by atoms with van der Waals surface area (Å²) in [5.74, 6) is 0. The van der Waals surface area contributed by atoms with Gasteiger partial charge in [-0.2, -0.15) is 0 Å². The minimum Gasteiger partial charge on any atom is -0.103 e. The maximum Gasteiger partial charge on any atom is 0.0698 e. The van der Waals surface area contributed by atoms with E-state index in [0.717, 1.165) is 9.52 Å². The van der Waals surface area contributed by atoms with Gasteiger partial charge in [0.15, 0.2) is 0 Å². The van der Waals surface area contributed by atoms with Crippen molar-refractivity contribution in [3.05, 3.63) is 11.8 Å². The summed E-state index contributed by atoms with van der Waals surface area (Å²) in [6, 6.07) is 1.44. The Bertz CT molecular complexity index is 66.5. The predicted molar refractivity (Wildman–Crippen MR) is 38.2 cm³/mol.